The van der Waals surface area contributed by atoms with Crippen LogP contribution in [0.15, 0.2) is 42.6 Å². The molecule has 1 aromatic carbocycles. The second kappa shape index (κ2) is 5.18. The van der Waals surface area contributed by atoms with E-state index in [9.17, 15) is 4.79 Å². The number of benzene rings is 1. The Morgan fingerprint density at radius 2 is 2.06 bits per heavy atom. The zero-order chi connectivity index (χ0) is 13.0. The van der Waals surface area contributed by atoms with E-state index in [-0.39, 0.29) is 5.91 Å². The van der Waals surface area contributed by atoms with Crippen LogP contribution in [0, 0.1) is 0 Å². The van der Waals surface area contributed by atoms with Gasteiger partial charge in [-0.15, -0.1) is 0 Å². The first kappa shape index (κ1) is 11.9. The van der Waals surface area contributed by atoms with E-state index in [4.69, 9.17) is 10.5 Å². The summed E-state index contributed by atoms with van der Waals surface area (Å²) in [6, 6.07) is 10.3. The number of nitrogens with two attached hydrogens (primary N) is 1. The summed E-state index contributed by atoms with van der Waals surface area (Å²) in [7, 11) is 1.53. The number of anilines is 2. The fraction of sp³-hybridized carbons (Fsp3) is 0.0769. The SMILES string of the molecule is COc1ccc(NC(=O)c2ccccc2N)cn1. The van der Waals surface area contributed by atoms with Gasteiger partial charge in [-0.1, -0.05) is 12.1 Å². The molecule has 1 amide bonds. The maximum absolute atomic E-state index is 11.9. The van der Waals surface area contributed by atoms with Crippen molar-refractivity contribution < 1.29 is 9.53 Å². The number of nitrogens with one attached hydrogen (secondary N) is 1. The molecular weight excluding hydrogens is 230 g/mol. The Kier molecular flexibility index (Phi) is 3.43. The molecule has 3 N–H and O–H groups in total. The minimum Gasteiger partial charge on any atom is -0.481 e. The highest BCUT2D eigenvalue weighted by molar-refractivity contribution is 6.07. The van der Waals surface area contributed by atoms with E-state index in [2.05, 4.69) is 10.3 Å². The van der Waals surface area contributed by atoms with Gasteiger partial charge in [-0.2, -0.15) is 0 Å². The molecule has 0 aliphatic heterocycles. The number of hydrogen-bond donors (Lipinski definition) is 2. The number of pyridine rings is 1. The van der Waals surface area contributed by atoms with Crippen LogP contribution in [0.2, 0.25) is 0 Å². The van der Waals surface area contributed by atoms with Crippen molar-refractivity contribution in [1.29, 1.82) is 0 Å². The zero-order valence-electron chi connectivity index (χ0n) is 9.88. The molecule has 1 heterocycles. The van der Waals surface area contributed by atoms with Crippen LogP contribution in [-0.4, -0.2) is 18.0 Å². The summed E-state index contributed by atoms with van der Waals surface area (Å²) in [6.07, 6.45) is 1.52. The number of carbonyl (C=O) groups is 1. The largest absolute Gasteiger partial charge is 0.481 e. The quantitative estimate of drug-likeness (QED) is 0.807. The molecular formula is C13H13N3O2. The highest BCUT2D eigenvalue weighted by Crippen LogP contribution is 2.15. The second-order valence-corrected chi connectivity index (χ2v) is 3.63. The summed E-state index contributed by atoms with van der Waals surface area (Å²) in [5.74, 6) is 0.229. The normalized spacial score (nSPS) is 9.83. The van der Waals surface area contributed by atoms with E-state index in [1.54, 1.807) is 36.4 Å². The molecule has 0 atom stereocenters. The number of nitrogens with zero attached hydrogens (tertiary/aromatic N) is 1. The van der Waals surface area contributed by atoms with Gasteiger partial charge in [0.05, 0.1) is 24.6 Å². The molecule has 0 saturated carbocycles. The summed E-state index contributed by atoms with van der Waals surface area (Å²) < 4.78 is 4.93. The molecule has 92 valence electrons. The van der Waals surface area contributed by atoms with E-state index < -0.39 is 0 Å². The summed E-state index contributed by atoms with van der Waals surface area (Å²) in [5.41, 5.74) is 7.19. The van der Waals surface area contributed by atoms with Crippen molar-refractivity contribution in [1.82, 2.24) is 4.98 Å². The molecule has 18 heavy (non-hydrogen) atoms. The van der Waals surface area contributed by atoms with Gasteiger partial charge in [-0.25, -0.2) is 4.98 Å². The molecule has 0 saturated heterocycles. The maximum atomic E-state index is 11.9. The van der Waals surface area contributed by atoms with Crippen molar-refractivity contribution in [3.05, 3.63) is 48.2 Å². The zero-order valence-corrected chi connectivity index (χ0v) is 9.88. The Labute approximate surface area is 105 Å². The van der Waals surface area contributed by atoms with Crippen LogP contribution in [-0.2, 0) is 0 Å². The number of carbonyl (C=O) groups excluding carboxylic acids is 1. The highest BCUT2D eigenvalue weighted by atomic mass is 16.5. The fourth-order valence-corrected chi connectivity index (χ4v) is 1.48. The number of nitrogen functional groups attached to an aromatic ring is 1. The number of hydrogen-bond acceptors (Lipinski definition) is 4. The van der Waals surface area contributed by atoms with Crippen molar-refractivity contribution in [2.45, 2.75) is 0 Å². The third-order valence-corrected chi connectivity index (χ3v) is 2.41. The summed E-state index contributed by atoms with van der Waals surface area (Å²) >= 11 is 0. The van der Waals surface area contributed by atoms with Gasteiger partial charge in [-0.3, -0.25) is 4.79 Å². The second-order valence-electron chi connectivity index (χ2n) is 3.63. The van der Waals surface area contributed by atoms with E-state index in [1.807, 2.05) is 0 Å². The lowest BCUT2D eigenvalue weighted by Gasteiger charge is -2.07. The molecule has 2 aromatic rings. The Balaban J connectivity index is 2.14. The molecule has 2 rings (SSSR count). The monoisotopic (exact) mass is 243 g/mol. The lowest BCUT2D eigenvalue weighted by Crippen LogP contribution is -2.14. The van der Waals surface area contributed by atoms with Gasteiger partial charge in [-0.05, 0) is 18.2 Å². The molecule has 0 aliphatic rings. The van der Waals surface area contributed by atoms with Gasteiger partial charge >= 0.3 is 0 Å². The van der Waals surface area contributed by atoms with Crippen LogP contribution in [0.5, 0.6) is 5.88 Å². The number of ether oxygens (including phenoxy) is 1. The Hall–Kier alpha value is -2.56. The summed E-state index contributed by atoms with van der Waals surface area (Å²) in [4.78, 5) is 15.9. The maximum Gasteiger partial charge on any atom is 0.257 e. The lowest BCUT2D eigenvalue weighted by atomic mass is 10.1. The average molecular weight is 243 g/mol. The first-order valence-electron chi connectivity index (χ1n) is 5.36. The number of rotatable bonds is 3. The Morgan fingerprint density at radius 1 is 1.28 bits per heavy atom. The lowest BCUT2D eigenvalue weighted by molar-refractivity contribution is 0.102. The van der Waals surface area contributed by atoms with Gasteiger partial charge in [0.2, 0.25) is 5.88 Å². The van der Waals surface area contributed by atoms with Crippen LogP contribution in [0.3, 0.4) is 0 Å². The van der Waals surface area contributed by atoms with Gasteiger partial charge in [0.25, 0.3) is 5.91 Å². The molecule has 0 bridgehead atoms. The fourth-order valence-electron chi connectivity index (χ4n) is 1.48. The highest BCUT2D eigenvalue weighted by Gasteiger charge is 2.09. The smallest absolute Gasteiger partial charge is 0.257 e. The van der Waals surface area contributed by atoms with Crippen LogP contribution >= 0.6 is 0 Å². The topological polar surface area (TPSA) is 77.2 Å². The summed E-state index contributed by atoms with van der Waals surface area (Å²) in [5, 5.41) is 2.71. The minimum absolute atomic E-state index is 0.264. The van der Waals surface area contributed by atoms with Crippen LogP contribution in [0.1, 0.15) is 10.4 Å². The Morgan fingerprint density at radius 3 is 2.67 bits per heavy atom. The molecule has 0 spiro atoms. The average Bonchev–Trinajstić information content (AvgIpc) is 2.40. The third kappa shape index (κ3) is 2.57. The molecule has 0 radical (unpaired) electrons. The van der Waals surface area contributed by atoms with Crippen molar-refractivity contribution in [3.63, 3.8) is 0 Å². The van der Waals surface area contributed by atoms with Crippen molar-refractivity contribution in [3.8, 4) is 5.88 Å². The number of amides is 1. The first-order valence-corrected chi connectivity index (χ1v) is 5.36. The number of methoxy groups -OCH3 is 1. The first-order chi connectivity index (χ1) is 8.70. The van der Waals surface area contributed by atoms with Gasteiger partial charge in [0.15, 0.2) is 0 Å². The van der Waals surface area contributed by atoms with Crippen LogP contribution in [0.25, 0.3) is 0 Å². The minimum atomic E-state index is -0.264. The van der Waals surface area contributed by atoms with Gasteiger partial charge in [0, 0.05) is 11.8 Å². The number of para-hydroxylation sites is 1. The predicted molar refractivity (Wildman–Crippen MR) is 69.6 cm³/mol. The van der Waals surface area contributed by atoms with Crippen molar-refractivity contribution in [2.24, 2.45) is 0 Å². The van der Waals surface area contributed by atoms with E-state index in [0.29, 0.717) is 22.8 Å². The third-order valence-electron chi connectivity index (χ3n) is 2.41. The molecule has 0 fully saturated rings. The van der Waals surface area contributed by atoms with E-state index in [1.165, 1.54) is 13.3 Å². The Bertz CT molecular complexity index is 552. The van der Waals surface area contributed by atoms with Crippen LogP contribution < -0.4 is 15.8 Å². The standard InChI is InChI=1S/C13H13N3O2/c1-18-12-7-6-9(8-15-12)16-13(17)10-4-2-3-5-11(10)14/h2-8H,14H2,1H3,(H,16,17). The molecule has 0 unspecified atom stereocenters. The van der Waals surface area contributed by atoms with Gasteiger partial charge < -0.3 is 15.8 Å². The van der Waals surface area contributed by atoms with Crippen LogP contribution in [0.4, 0.5) is 11.4 Å². The van der Waals surface area contributed by atoms with E-state index >= 15 is 0 Å². The summed E-state index contributed by atoms with van der Waals surface area (Å²) in [6.45, 7) is 0. The number of aromatic nitrogens is 1. The van der Waals surface area contributed by atoms with Gasteiger partial charge in [0.1, 0.15) is 0 Å². The van der Waals surface area contributed by atoms with E-state index in [0.717, 1.165) is 0 Å². The van der Waals surface area contributed by atoms with Crippen molar-refractivity contribution >= 4 is 17.3 Å². The van der Waals surface area contributed by atoms with Crippen molar-refractivity contribution in [2.75, 3.05) is 18.2 Å². The predicted octanol–water partition coefficient (Wildman–Crippen LogP) is 1.92. The molecule has 1 aromatic heterocycles. The molecule has 5 heteroatoms. The molecule has 5 nitrogen and oxygen atoms in total. The molecule has 0 aliphatic carbocycles.